The predicted molar refractivity (Wildman–Crippen MR) is 112 cm³/mol. The lowest BCUT2D eigenvalue weighted by Crippen LogP contribution is -2.24. The van der Waals surface area contributed by atoms with Crippen molar-refractivity contribution in [2.45, 2.75) is 109 Å². The summed E-state index contributed by atoms with van der Waals surface area (Å²) in [6.07, 6.45) is 15.0. The van der Waals surface area contributed by atoms with Crippen LogP contribution >= 0.6 is 33.2 Å². The zero-order valence-electron chi connectivity index (χ0n) is 15.0. The molecule has 0 N–H and O–H groups in total. The Bertz CT molecular complexity index is 253. The molecule has 0 radical (unpaired) electrons. The molecule has 0 aromatic rings. The Hall–Kier alpha value is 1.30. The molecule has 0 saturated heterocycles. The maximum absolute atomic E-state index is 5.88. The zero-order valence-corrected chi connectivity index (χ0v) is 19.3. The number of unbranched alkanes of at least 4 members (excludes halogenated alkanes) is 9. The summed E-state index contributed by atoms with van der Waals surface area (Å²) < 4.78 is 0. The molecule has 0 aliphatic heterocycles. The van der Waals surface area contributed by atoms with Crippen LogP contribution in [0.1, 0.15) is 77.6 Å². The van der Waals surface area contributed by atoms with Crippen LogP contribution in [0.15, 0.2) is 0 Å². The fourth-order valence-electron chi connectivity index (χ4n) is 2.97. The van der Waals surface area contributed by atoms with E-state index < -0.39 is 14.1 Å². The van der Waals surface area contributed by atoms with Crippen LogP contribution in [0.5, 0.6) is 0 Å². The molecule has 0 aliphatic rings. The summed E-state index contributed by atoms with van der Waals surface area (Å²) in [4.78, 5) is 0. The number of rotatable bonds is 15. The van der Waals surface area contributed by atoms with Crippen LogP contribution < -0.4 is 0 Å². The van der Waals surface area contributed by atoms with Crippen LogP contribution in [0, 0.1) is 0 Å². The molecule has 0 rings (SSSR count). The SMILES string of the molecule is CCCCCC[Si](C)(C)CCCCCCCCC[Si](Cl)(Cl)Cl. The van der Waals surface area contributed by atoms with Crippen molar-refractivity contribution in [2.24, 2.45) is 0 Å². The van der Waals surface area contributed by atoms with Crippen molar-refractivity contribution in [3.8, 4) is 0 Å². The van der Waals surface area contributed by atoms with Gasteiger partial charge in [0.25, 0.3) is 0 Å². The van der Waals surface area contributed by atoms with Crippen molar-refractivity contribution in [1.29, 1.82) is 0 Å². The highest BCUT2D eigenvalue weighted by molar-refractivity contribution is 7.64. The number of hydrogen-bond donors (Lipinski definition) is 0. The van der Waals surface area contributed by atoms with E-state index in [9.17, 15) is 0 Å². The van der Waals surface area contributed by atoms with E-state index in [2.05, 4.69) is 20.0 Å². The van der Waals surface area contributed by atoms with Crippen LogP contribution in [0.3, 0.4) is 0 Å². The van der Waals surface area contributed by atoms with E-state index in [1.807, 2.05) is 0 Å². The normalized spacial score (nSPS) is 12.8. The van der Waals surface area contributed by atoms with Gasteiger partial charge in [0.2, 0.25) is 0 Å². The minimum Gasteiger partial charge on any atom is -0.126 e. The van der Waals surface area contributed by atoms with E-state index in [0.29, 0.717) is 0 Å². The monoisotopic (exact) mass is 402 g/mol. The zero-order chi connectivity index (χ0) is 16.9. The maximum Gasteiger partial charge on any atom is 0.341 e. The highest BCUT2D eigenvalue weighted by Gasteiger charge is 2.23. The van der Waals surface area contributed by atoms with Crippen molar-refractivity contribution in [3.05, 3.63) is 0 Å². The summed E-state index contributed by atoms with van der Waals surface area (Å²) in [6, 6.07) is 1.54. The van der Waals surface area contributed by atoms with E-state index in [4.69, 9.17) is 33.2 Å². The van der Waals surface area contributed by atoms with E-state index >= 15 is 0 Å². The summed E-state index contributed by atoms with van der Waals surface area (Å²) in [5.41, 5.74) is 0. The van der Waals surface area contributed by atoms with Gasteiger partial charge in [0.1, 0.15) is 0 Å². The van der Waals surface area contributed by atoms with Gasteiger partial charge < -0.3 is 0 Å². The molecule has 0 atom stereocenters. The maximum atomic E-state index is 5.88. The Morgan fingerprint density at radius 3 is 1.32 bits per heavy atom. The lowest BCUT2D eigenvalue weighted by Gasteiger charge is -2.22. The molecule has 22 heavy (non-hydrogen) atoms. The van der Waals surface area contributed by atoms with Crippen molar-refractivity contribution >= 4 is 47.3 Å². The first-order valence-corrected chi connectivity index (χ1v) is 18.0. The van der Waals surface area contributed by atoms with Crippen molar-refractivity contribution in [1.82, 2.24) is 0 Å². The van der Waals surface area contributed by atoms with Crippen LogP contribution in [0.4, 0.5) is 0 Å². The molecule has 0 spiro atoms. The van der Waals surface area contributed by atoms with Crippen LogP contribution in [0.2, 0.25) is 31.2 Å². The van der Waals surface area contributed by atoms with Gasteiger partial charge in [-0.25, -0.2) is 0 Å². The summed E-state index contributed by atoms with van der Waals surface area (Å²) in [7, 11) is -0.895. The third-order valence-electron chi connectivity index (χ3n) is 4.52. The average molecular weight is 404 g/mol. The second kappa shape index (κ2) is 13.6. The molecule has 0 aliphatic carbocycles. The molecule has 0 heterocycles. The summed E-state index contributed by atoms with van der Waals surface area (Å²) in [5.74, 6) is 0. The van der Waals surface area contributed by atoms with Gasteiger partial charge in [-0.2, -0.15) is 0 Å². The largest absolute Gasteiger partial charge is 0.341 e. The molecular weight excluding hydrogens is 367 g/mol. The lowest BCUT2D eigenvalue weighted by molar-refractivity contribution is 0.599. The topological polar surface area (TPSA) is 0 Å². The van der Waals surface area contributed by atoms with Gasteiger partial charge >= 0.3 is 6.00 Å². The molecule has 0 unspecified atom stereocenters. The summed E-state index contributed by atoms with van der Waals surface area (Å²) in [5, 5.41) is 0. The third-order valence-corrected chi connectivity index (χ3v) is 10.6. The second-order valence-corrected chi connectivity index (χ2v) is 22.2. The highest BCUT2D eigenvalue weighted by atomic mass is 35.8. The van der Waals surface area contributed by atoms with Gasteiger partial charge in [0, 0.05) is 8.07 Å². The standard InChI is InChI=1S/C17H37Cl3Si2/c1-4-5-6-12-15-21(2,3)16-13-10-8-7-9-11-14-17-22(18,19)20/h4-17H2,1-3H3. The Labute approximate surface area is 155 Å². The van der Waals surface area contributed by atoms with E-state index in [0.717, 1.165) is 12.5 Å². The van der Waals surface area contributed by atoms with E-state index in [1.54, 1.807) is 0 Å². The van der Waals surface area contributed by atoms with Gasteiger partial charge in [0.15, 0.2) is 0 Å². The first-order chi connectivity index (χ1) is 10.3. The van der Waals surface area contributed by atoms with E-state index in [1.165, 1.54) is 76.3 Å². The fourth-order valence-corrected chi connectivity index (χ4v) is 7.49. The molecule has 0 bridgehead atoms. The van der Waals surface area contributed by atoms with Gasteiger partial charge in [-0.1, -0.05) is 103 Å². The molecule has 0 aromatic carbocycles. The highest BCUT2D eigenvalue weighted by Crippen LogP contribution is 2.28. The average Bonchev–Trinajstić information content (AvgIpc) is 2.40. The third kappa shape index (κ3) is 17.7. The van der Waals surface area contributed by atoms with Gasteiger partial charge in [0.05, 0.1) is 0 Å². The summed E-state index contributed by atoms with van der Waals surface area (Å²) in [6.45, 7) is 7.46. The number of halogens is 3. The molecule has 0 saturated carbocycles. The van der Waals surface area contributed by atoms with Crippen LogP contribution in [-0.2, 0) is 0 Å². The van der Waals surface area contributed by atoms with Crippen molar-refractivity contribution in [2.75, 3.05) is 0 Å². The fraction of sp³-hybridized carbons (Fsp3) is 1.00. The van der Waals surface area contributed by atoms with Crippen molar-refractivity contribution in [3.63, 3.8) is 0 Å². The number of hydrogen-bond acceptors (Lipinski definition) is 0. The molecule has 5 heteroatoms. The molecule has 0 aromatic heterocycles. The van der Waals surface area contributed by atoms with Gasteiger partial charge in [-0.15, -0.1) is 33.2 Å². The van der Waals surface area contributed by atoms with Gasteiger partial charge in [-0.3, -0.25) is 0 Å². The Kier molecular flexibility index (Phi) is 14.4. The smallest absolute Gasteiger partial charge is 0.126 e. The molecule has 0 nitrogen and oxygen atoms in total. The first-order valence-electron chi connectivity index (χ1n) is 9.33. The van der Waals surface area contributed by atoms with Crippen LogP contribution in [-0.4, -0.2) is 14.1 Å². The second-order valence-electron chi connectivity index (χ2n) is 7.56. The molecule has 0 fully saturated rings. The lowest BCUT2D eigenvalue weighted by atomic mass is 10.1. The molecular formula is C17H37Cl3Si2. The Morgan fingerprint density at radius 2 is 0.909 bits per heavy atom. The molecule has 134 valence electrons. The Morgan fingerprint density at radius 1 is 0.545 bits per heavy atom. The quantitative estimate of drug-likeness (QED) is 0.146. The minimum atomic E-state index is -2.35. The minimum absolute atomic E-state index is 0.829. The molecule has 0 amide bonds. The Balaban J connectivity index is 3.37. The van der Waals surface area contributed by atoms with E-state index in [-0.39, 0.29) is 0 Å². The predicted octanol–water partition coefficient (Wildman–Crippen LogP) is 8.66. The first kappa shape index (κ1) is 23.3. The van der Waals surface area contributed by atoms with Gasteiger partial charge in [-0.05, 0) is 6.04 Å². The summed E-state index contributed by atoms with van der Waals surface area (Å²) >= 11 is 17.7. The van der Waals surface area contributed by atoms with Crippen LogP contribution in [0.25, 0.3) is 0 Å². The van der Waals surface area contributed by atoms with Crippen molar-refractivity contribution < 1.29 is 0 Å².